The van der Waals surface area contributed by atoms with Gasteiger partial charge in [-0.05, 0) is 6.42 Å². The van der Waals surface area contributed by atoms with Crippen molar-refractivity contribution in [3.63, 3.8) is 0 Å². The summed E-state index contributed by atoms with van der Waals surface area (Å²) in [6, 6.07) is 0.280. The molecule has 0 spiro atoms. The van der Waals surface area contributed by atoms with Crippen LogP contribution in [0.3, 0.4) is 0 Å². The van der Waals surface area contributed by atoms with Crippen molar-refractivity contribution in [1.82, 2.24) is 4.98 Å². The number of thiazole rings is 1. The molecule has 0 saturated heterocycles. The molecule has 2 N–H and O–H groups in total. The molecule has 1 rings (SSSR count). The maximum Gasteiger partial charge on any atom is 0.0794 e. The number of rotatable bonds is 3. The van der Waals surface area contributed by atoms with E-state index in [9.17, 15) is 0 Å². The number of nitrogens with zero attached hydrogens (tertiary/aromatic N) is 1. The topological polar surface area (TPSA) is 38.9 Å². The molecule has 0 aliphatic heterocycles. The molecule has 1 heterocycles. The third kappa shape index (κ3) is 2.08. The molecule has 0 saturated carbocycles. The molecule has 0 unspecified atom stereocenters. The largest absolute Gasteiger partial charge is 0.327 e. The molecule has 0 fully saturated rings. The lowest BCUT2D eigenvalue weighted by atomic mass is 10.1. The van der Waals surface area contributed by atoms with Crippen LogP contribution < -0.4 is 5.73 Å². The minimum absolute atomic E-state index is 0.280. The van der Waals surface area contributed by atoms with Gasteiger partial charge in [0.25, 0.3) is 0 Å². The van der Waals surface area contributed by atoms with Crippen molar-refractivity contribution in [3.8, 4) is 0 Å². The number of aromatic nitrogens is 1. The van der Waals surface area contributed by atoms with Crippen molar-refractivity contribution in [3.05, 3.63) is 16.6 Å². The summed E-state index contributed by atoms with van der Waals surface area (Å²) in [4.78, 5) is 4.14. The molecule has 2 nitrogen and oxygen atoms in total. The molecule has 1 aromatic heterocycles. The lowest BCUT2D eigenvalue weighted by Gasteiger charge is -2.04. The Morgan fingerprint density at radius 3 is 3.10 bits per heavy atom. The Hall–Kier alpha value is -0.410. The van der Waals surface area contributed by atoms with Crippen molar-refractivity contribution >= 4 is 11.3 Å². The van der Waals surface area contributed by atoms with Crippen LogP contribution in [0.5, 0.6) is 0 Å². The molecule has 10 heavy (non-hydrogen) atoms. The van der Waals surface area contributed by atoms with Crippen molar-refractivity contribution in [2.24, 2.45) is 5.73 Å². The summed E-state index contributed by atoms with van der Waals surface area (Å²) in [6.07, 6.45) is 1.94. The van der Waals surface area contributed by atoms with Gasteiger partial charge in [-0.25, -0.2) is 4.98 Å². The summed E-state index contributed by atoms with van der Waals surface area (Å²) < 4.78 is 0. The normalized spacial score (nSPS) is 13.4. The summed E-state index contributed by atoms with van der Waals surface area (Å²) in [5.41, 5.74) is 8.70. The van der Waals surface area contributed by atoms with Crippen molar-refractivity contribution in [2.45, 2.75) is 25.8 Å². The predicted molar refractivity (Wildman–Crippen MR) is 44.1 cm³/mol. The van der Waals surface area contributed by atoms with Crippen LogP contribution in [0.2, 0.25) is 0 Å². The standard InChI is InChI=1S/C7H12N2S/c1-2-6(8)3-7-4-10-5-9-7/h4-6H,2-3,8H2,1H3/t6-/m1/s1. The summed E-state index contributed by atoms with van der Waals surface area (Å²) in [6.45, 7) is 2.09. The Labute approximate surface area is 65.1 Å². The van der Waals surface area contributed by atoms with E-state index in [1.54, 1.807) is 11.3 Å². The second-order valence-electron chi connectivity index (χ2n) is 2.35. The highest BCUT2D eigenvalue weighted by Crippen LogP contribution is 2.04. The van der Waals surface area contributed by atoms with Crippen molar-refractivity contribution < 1.29 is 0 Å². The molecule has 0 bridgehead atoms. The zero-order valence-corrected chi connectivity index (χ0v) is 6.90. The van der Waals surface area contributed by atoms with Crippen LogP contribution in [-0.4, -0.2) is 11.0 Å². The highest BCUT2D eigenvalue weighted by molar-refractivity contribution is 7.07. The number of nitrogens with two attached hydrogens (primary N) is 1. The Morgan fingerprint density at radius 2 is 2.60 bits per heavy atom. The molecular formula is C7H12N2S. The molecular weight excluding hydrogens is 144 g/mol. The SMILES string of the molecule is CC[C@@H](N)Cc1cscn1. The molecule has 56 valence electrons. The molecule has 1 atom stereocenters. The highest BCUT2D eigenvalue weighted by Gasteiger charge is 2.01. The fraction of sp³-hybridized carbons (Fsp3) is 0.571. The first-order chi connectivity index (χ1) is 4.83. The summed E-state index contributed by atoms with van der Waals surface area (Å²) >= 11 is 1.63. The Balaban J connectivity index is 2.40. The third-order valence-corrected chi connectivity index (χ3v) is 2.11. The van der Waals surface area contributed by atoms with Crippen LogP contribution in [0, 0.1) is 0 Å². The highest BCUT2D eigenvalue weighted by atomic mass is 32.1. The molecule has 0 aromatic carbocycles. The van der Waals surface area contributed by atoms with Crippen molar-refractivity contribution in [1.29, 1.82) is 0 Å². The molecule has 0 aliphatic carbocycles. The first-order valence-corrected chi connectivity index (χ1v) is 4.40. The zero-order chi connectivity index (χ0) is 7.40. The zero-order valence-electron chi connectivity index (χ0n) is 6.08. The summed E-state index contributed by atoms with van der Waals surface area (Å²) in [5, 5.41) is 2.05. The minimum atomic E-state index is 0.280. The van der Waals surface area contributed by atoms with Crippen LogP contribution in [0.15, 0.2) is 10.9 Å². The first-order valence-electron chi connectivity index (χ1n) is 3.45. The van der Waals surface area contributed by atoms with E-state index in [1.807, 2.05) is 5.51 Å². The van der Waals surface area contributed by atoms with Gasteiger partial charge in [-0.15, -0.1) is 11.3 Å². The Kier molecular flexibility index (Phi) is 2.83. The van der Waals surface area contributed by atoms with Crippen LogP contribution >= 0.6 is 11.3 Å². The van der Waals surface area contributed by atoms with Gasteiger partial charge in [0.1, 0.15) is 0 Å². The van der Waals surface area contributed by atoms with Gasteiger partial charge < -0.3 is 5.73 Å². The molecule has 0 aliphatic rings. The first kappa shape index (κ1) is 7.69. The maximum absolute atomic E-state index is 5.73. The van der Waals surface area contributed by atoms with Gasteiger partial charge in [-0.3, -0.25) is 0 Å². The van der Waals surface area contributed by atoms with Gasteiger partial charge in [0.15, 0.2) is 0 Å². The lowest BCUT2D eigenvalue weighted by molar-refractivity contribution is 0.639. The van der Waals surface area contributed by atoms with Crippen molar-refractivity contribution in [2.75, 3.05) is 0 Å². The second-order valence-corrected chi connectivity index (χ2v) is 3.07. The lowest BCUT2D eigenvalue weighted by Crippen LogP contribution is -2.21. The fourth-order valence-corrected chi connectivity index (χ4v) is 1.32. The minimum Gasteiger partial charge on any atom is -0.327 e. The van der Waals surface area contributed by atoms with E-state index in [-0.39, 0.29) is 6.04 Å². The Morgan fingerprint density at radius 1 is 1.80 bits per heavy atom. The second kappa shape index (κ2) is 3.68. The van der Waals surface area contributed by atoms with Gasteiger partial charge in [-0.2, -0.15) is 0 Å². The average molecular weight is 156 g/mol. The summed E-state index contributed by atoms with van der Waals surface area (Å²) in [7, 11) is 0. The number of hydrogen-bond donors (Lipinski definition) is 1. The molecule has 0 amide bonds. The molecule has 3 heteroatoms. The summed E-state index contributed by atoms with van der Waals surface area (Å²) in [5.74, 6) is 0. The monoisotopic (exact) mass is 156 g/mol. The van der Waals surface area contributed by atoms with Crippen LogP contribution in [0.1, 0.15) is 19.0 Å². The van der Waals surface area contributed by atoms with Gasteiger partial charge >= 0.3 is 0 Å². The van der Waals surface area contributed by atoms with E-state index < -0.39 is 0 Å². The fourth-order valence-electron chi connectivity index (χ4n) is 0.751. The van der Waals surface area contributed by atoms with Crippen LogP contribution in [0.4, 0.5) is 0 Å². The van der Waals surface area contributed by atoms with Gasteiger partial charge in [0.2, 0.25) is 0 Å². The van der Waals surface area contributed by atoms with E-state index in [1.165, 1.54) is 0 Å². The van der Waals surface area contributed by atoms with E-state index in [0.717, 1.165) is 18.5 Å². The molecule has 1 aromatic rings. The van der Waals surface area contributed by atoms with Gasteiger partial charge in [0.05, 0.1) is 11.2 Å². The number of hydrogen-bond acceptors (Lipinski definition) is 3. The smallest absolute Gasteiger partial charge is 0.0794 e. The third-order valence-electron chi connectivity index (χ3n) is 1.48. The quantitative estimate of drug-likeness (QED) is 0.719. The van der Waals surface area contributed by atoms with E-state index in [2.05, 4.69) is 17.3 Å². The van der Waals surface area contributed by atoms with Gasteiger partial charge in [-0.1, -0.05) is 6.92 Å². The van der Waals surface area contributed by atoms with Gasteiger partial charge in [0, 0.05) is 17.8 Å². The van der Waals surface area contributed by atoms with Crippen LogP contribution in [-0.2, 0) is 6.42 Å². The van der Waals surface area contributed by atoms with Crippen LogP contribution in [0.25, 0.3) is 0 Å². The molecule has 0 radical (unpaired) electrons. The van der Waals surface area contributed by atoms with E-state index in [4.69, 9.17) is 5.73 Å². The average Bonchev–Trinajstić information content (AvgIpc) is 2.40. The maximum atomic E-state index is 5.73. The predicted octanol–water partition coefficient (Wildman–Crippen LogP) is 1.42. The van der Waals surface area contributed by atoms with E-state index in [0.29, 0.717) is 0 Å². The van der Waals surface area contributed by atoms with E-state index >= 15 is 0 Å². The Bertz CT molecular complexity index is 172.